The van der Waals surface area contributed by atoms with E-state index < -0.39 is 23.9 Å². The van der Waals surface area contributed by atoms with Crippen LogP contribution in [-0.4, -0.2) is 59.0 Å². The summed E-state index contributed by atoms with van der Waals surface area (Å²) < 4.78 is 0. The van der Waals surface area contributed by atoms with Crippen LogP contribution in [-0.2, 0) is 9.59 Å². The molecule has 0 aliphatic carbocycles. The van der Waals surface area contributed by atoms with Crippen LogP contribution < -0.4 is 5.73 Å². The van der Waals surface area contributed by atoms with Gasteiger partial charge >= 0.3 is 12.0 Å². The number of nitrogens with zero attached hydrogens (tertiary/aromatic N) is 2. The van der Waals surface area contributed by atoms with Gasteiger partial charge in [-0.3, -0.25) is 4.79 Å². The summed E-state index contributed by atoms with van der Waals surface area (Å²) >= 11 is 0. The predicted molar refractivity (Wildman–Crippen MR) is 54.6 cm³/mol. The number of carbonyl (C=O) groups excluding carboxylic acids is 2. The van der Waals surface area contributed by atoms with Gasteiger partial charge in [0, 0.05) is 13.6 Å². The first-order valence-corrected chi connectivity index (χ1v) is 4.96. The van der Waals surface area contributed by atoms with Crippen LogP contribution in [0.25, 0.3) is 0 Å². The maximum Gasteiger partial charge on any atom is 0.326 e. The highest BCUT2D eigenvalue weighted by molar-refractivity contribution is 5.86. The van der Waals surface area contributed by atoms with Crippen molar-refractivity contribution in [1.29, 1.82) is 0 Å². The lowest BCUT2D eigenvalue weighted by Crippen LogP contribution is -2.48. The highest BCUT2D eigenvalue weighted by atomic mass is 16.4. The fraction of sp³-hybridized carbons (Fsp3) is 0.667. The second-order valence-electron chi connectivity index (χ2n) is 3.79. The molecule has 0 saturated carbocycles. The third kappa shape index (κ3) is 2.62. The van der Waals surface area contributed by atoms with Crippen molar-refractivity contribution in [2.24, 2.45) is 5.73 Å². The maximum atomic E-state index is 11.8. The van der Waals surface area contributed by atoms with Crippen molar-refractivity contribution >= 4 is 17.9 Å². The van der Waals surface area contributed by atoms with Crippen LogP contribution in [0.3, 0.4) is 0 Å². The second kappa shape index (κ2) is 4.82. The summed E-state index contributed by atoms with van der Waals surface area (Å²) in [6.45, 7) is 0.195. The van der Waals surface area contributed by atoms with Crippen LogP contribution in [0.15, 0.2) is 0 Å². The smallest absolute Gasteiger partial charge is 0.326 e. The summed E-state index contributed by atoms with van der Waals surface area (Å²) in [5.41, 5.74) is 4.96. The van der Waals surface area contributed by atoms with E-state index in [-0.39, 0.29) is 6.54 Å². The van der Waals surface area contributed by atoms with E-state index in [2.05, 4.69) is 0 Å². The molecule has 0 radical (unpaired) electrons. The number of urea groups is 1. The molecule has 16 heavy (non-hydrogen) atoms. The number of nitrogens with two attached hydrogens (primary N) is 1. The Morgan fingerprint density at radius 2 is 2.12 bits per heavy atom. The van der Waals surface area contributed by atoms with Crippen LogP contribution in [0.1, 0.15) is 12.8 Å². The summed E-state index contributed by atoms with van der Waals surface area (Å²) in [7, 11) is 1.42. The van der Waals surface area contributed by atoms with Gasteiger partial charge in [-0.1, -0.05) is 0 Å². The van der Waals surface area contributed by atoms with Gasteiger partial charge in [0.1, 0.15) is 12.6 Å². The highest BCUT2D eigenvalue weighted by Gasteiger charge is 2.35. The topological polar surface area (TPSA) is 104 Å². The number of likely N-dealkylation sites (N-methyl/N-ethyl adjacent to an activating group) is 1. The van der Waals surface area contributed by atoms with E-state index in [1.807, 2.05) is 0 Å². The Morgan fingerprint density at radius 1 is 1.50 bits per heavy atom. The molecule has 1 saturated heterocycles. The molecule has 0 unspecified atom stereocenters. The molecule has 3 N–H and O–H groups in total. The molecule has 0 spiro atoms. The van der Waals surface area contributed by atoms with Gasteiger partial charge in [0.05, 0.1) is 0 Å². The maximum absolute atomic E-state index is 11.8. The van der Waals surface area contributed by atoms with Gasteiger partial charge in [0.15, 0.2) is 0 Å². The molecule has 0 aromatic carbocycles. The number of likely N-dealkylation sites (tertiary alicyclic amines) is 1. The number of carbonyl (C=O) groups is 3. The first-order valence-electron chi connectivity index (χ1n) is 4.96. The number of primary amides is 1. The van der Waals surface area contributed by atoms with Crippen LogP contribution in [0.5, 0.6) is 0 Å². The van der Waals surface area contributed by atoms with E-state index in [0.717, 1.165) is 4.90 Å². The Morgan fingerprint density at radius 3 is 2.62 bits per heavy atom. The zero-order valence-electron chi connectivity index (χ0n) is 9.05. The number of rotatable bonds is 3. The van der Waals surface area contributed by atoms with Crippen LogP contribution in [0.4, 0.5) is 4.79 Å². The SMILES string of the molecule is CN(CC(N)=O)C(=O)N1CCC[C@@H]1C(=O)O. The molecule has 1 atom stereocenters. The Labute approximate surface area is 92.8 Å². The zero-order chi connectivity index (χ0) is 12.3. The van der Waals surface area contributed by atoms with E-state index in [9.17, 15) is 14.4 Å². The fourth-order valence-corrected chi connectivity index (χ4v) is 1.77. The number of carboxylic acids is 1. The molecule has 0 bridgehead atoms. The quantitative estimate of drug-likeness (QED) is 0.652. The first-order chi connectivity index (χ1) is 7.43. The van der Waals surface area contributed by atoms with Gasteiger partial charge in [-0.2, -0.15) is 0 Å². The van der Waals surface area contributed by atoms with Crippen molar-refractivity contribution < 1.29 is 19.5 Å². The van der Waals surface area contributed by atoms with Crippen molar-refractivity contribution in [1.82, 2.24) is 9.80 Å². The molecule has 7 heteroatoms. The highest BCUT2D eigenvalue weighted by Crippen LogP contribution is 2.18. The van der Waals surface area contributed by atoms with E-state index in [1.54, 1.807) is 0 Å². The molecule has 0 aromatic rings. The number of hydrogen-bond acceptors (Lipinski definition) is 3. The molecular weight excluding hydrogens is 214 g/mol. The number of hydrogen-bond donors (Lipinski definition) is 2. The molecular formula is C9H15N3O4. The van der Waals surface area contributed by atoms with E-state index >= 15 is 0 Å². The van der Waals surface area contributed by atoms with Crippen molar-refractivity contribution in [3.05, 3.63) is 0 Å². The molecule has 1 rings (SSSR count). The summed E-state index contributed by atoms with van der Waals surface area (Å²) in [6.07, 6.45) is 1.11. The molecule has 3 amide bonds. The van der Waals surface area contributed by atoms with Gasteiger partial charge in [0.25, 0.3) is 0 Å². The summed E-state index contributed by atoms with van der Waals surface area (Å²) in [6, 6.07) is -1.26. The Hall–Kier alpha value is -1.79. The molecule has 1 fully saturated rings. The monoisotopic (exact) mass is 229 g/mol. The Balaban J connectivity index is 2.65. The van der Waals surface area contributed by atoms with E-state index in [4.69, 9.17) is 10.8 Å². The first kappa shape index (κ1) is 12.3. The minimum atomic E-state index is -1.02. The van der Waals surface area contributed by atoms with Gasteiger partial charge < -0.3 is 20.6 Å². The van der Waals surface area contributed by atoms with Crippen LogP contribution in [0, 0.1) is 0 Å². The average molecular weight is 229 g/mol. The lowest BCUT2D eigenvalue weighted by atomic mass is 10.2. The summed E-state index contributed by atoms with van der Waals surface area (Å²) in [5, 5.41) is 8.89. The van der Waals surface area contributed by atoms with E-state index in [0.29, 0.717) is 19.4 Å². The molecule has 1 heterocycles. The standard InChI is InChI=1S/C9H15N3O4/c1-11(5-7(10)13)9(16)12-4-2-3-6(12)8(14)15/h6H,2-5H2,1H3,(H2,10,13)(H,14,15)/t6-/m1/s1. The molecule has 90 valence electrons. The molecule has 1 aliphatic heterocycles. The minimum Gasteiger partial charge on any atom is -0.480 e. The third-order valence-corrected chi connectivity index (χ3v) is 2.50. The normalized spacial score (nSPS) is 19.6. The zero-order valence-corrected chi connectivity index (χ0v) is 9.05. The predicted octanol–water partition coefficient (Wildman–Crippen LogP) is -0.927. The van der Waals surface area contributed by atoms with Crippen molar-refractivity contribution in [3.63, 3.8) is 0 Å². The number of carboxylic acid groups (broad SMARTS) is 1. The van der Waals surface area contributed by atoms with Gasteiger partial charge in [0.2, 0.25) is 5.91 Å². The minimum absolute atomic E-state index is 0.207. The summed E-state index contributed by atoms with van der Waals surface area (Å²) in [5.74, 6) is -1.64. The lowest BCUT2D eigenvalue weighted by Gasteiger charge is -2.26. The lowest BCUT2D eigenvalue weighted by molar-refractivity contribution is -0.141. The average Bonchev–Trinajstić information content (AvgIpc) is 2.63. The molecule has 7 nitrogen and oxygen atoms in total. The van der Waals surface area contributed by atoms with Crippen LogP contribution in [0.2, 0.25) is 0 Å². The van der Waals surface area contributed by atoms with E-state index in [1.165, 1.54) is 11.9 Å². The van der Waals surface area contributed by atoms with Gasteiger partial charge in [-0.15, -0.1) is 0 Å². The van der Waals surface area contributed by atoms with Crippen molar-refractivity contribution in [2.75, 3.05) is 20.1 Å². The van der Waals surface area contributed by atoms with Crippen molar-refractivity contribution in [2.45, 2.75) is 18.9 Å². The third-order valence-electron chi connectivity index (χ3n) is 2.50. The van der Waals surface area contributed by atoms with Crippen LogP contribution >= 0.6 is 0 Å². The largest absolute Gasteiger partial charge is 0.480 e. The van der Waals surface area contributed by atoms with Crippen molar-refractivity contribution in [3.8, 4) is 0 Å². The summed E-state index contributed by atoms with van der Waals surface area (Å²) in [4.78, 5) is 35.7. The Kier molecular flexibility index (Phi) is 3.70. The number of amides is 3. The number of aliphatic carboxylic acids is 1. The molecule has 0 aromatic heterocycles. The fourth-order valence-electron chi connectivity index (χ4n) is 1.77. The van der Waals surface area contributed by atoms with Gasteiger partial charge in [-0.05, 0) is 12.8 Å². The Bertz CT molecular complexity index is 318. The second-order valence-corrected chi connectivity index (χ2v) is 3.79. The van der Waals surface area contributed by atoms with Gasteiger partial charge in [-0.25, -0.2) is 9.59 Å². The molecule has 1 aliphatic rings.